The second kappa shape index (κ2) is 8.44. The van der Waals surface area contributed by atoms with Gasteiger partial charge in [0.15, 0.2) is 46.5 Å². The lowest BCUT2D eigenvalue weighted by Crippen LogP contribution is -2.58. The van der Waals surface area contributed by atoms with Crippen molar-refractivity contribution >= 4 is 23.1 Å². The van der Waals surface area contributed by atoms with E-state index in [4.69, 9.17) is 4.74 Å². The Kier molecular flexibility index (Phi) is 6.21. The first-order valence-electron chi connectivity index (χ1n) is 8.91. The van der Waals surface area contributed by atoms with E-state index in [1.165, 1.54) is 0 Å². The Morgan fingerprint density at radius 2 is 0.906 bits per heavy atom. The van der Waals surface area contributed by atoms with Crippen molar-refractivity contribution in [1.82, 2.24) is 0 Å². The Morgan fingerprint density at radius 1 is 0.531 bits per heavy atom. The first kappa shape index (κ1) is 23.6. The molecule has 1 nitrogen and oxygen atoms in total. The van der Waals surface area contributed by atoms with Gasteiger partial charge in [-0.1, -0.05) is 0 Å². The summed E-state index contributed by atoms with van der Waals surface area (Å²) in [6.45, 7) is -0.603. The summed E-state index contributed by atoms with van der Waals surface area (Å²) in [4.78, 5) is 0. The monoisotopic (exact) mass is 462 g/mol. The summed E-state index contributed by atoms with van der Waals surface area (Å²) in [5.41, 5.74) is -4.71. The molecule has 0 fully saturated rings. The van der Waals surface area contributed by atoms with Gasteiger partial charge in [-0.05, 0) is 35.9 Å². The van der Waals surface area contributed by atoms with E-state index in [1.807, 2.05) is 0 Å². The number of methoxy groups -OCH3 is 1. The van der Waals surface area contributed by atoms with E-state index >= 15 is 0 Å². The average molecular weight is 462 g/mol. The lowest BCUT2D eigenvalue weighted by Gasteiger charge is -2.24. The highest BCUT2D eigenvalue weighted by Gasteiger charge is 2.39. The first-order chi connectivity index (χ1) is 14.9. The number of benzene rings is 3. The molecule has 0 amide bonds. The predicted molar refractivity (Wildman–Crippen MR) is 99.6 cm³/mol. The highest BCUT2D eigenvalue weighted by atomic mass is 19.2. The minimum absolute atomic E-state index is 0.0534. The second-order valence-electron chi connectivity index (χ2n) is 6.92. The lowest BCUT2D eigenvalue weighted by atomic mass is 9.34. The summed E-state index contributed by atoms with van der Waals surface area (Å²) in [6.07, 6.45) is 0. The topological polar surface area (TPSA) is 9.23 Å². The first-order valence-corrected chi connectivity index (χ1v) is 8.91. The minimum atomic E-state index is -2.29. The van der Waals surface area contributed by atoms with Crippen molar-refractivity contribution in [2.24, 2.45) is 0 Å². The largest absolute Gasteiger partial charge is 0.494 e. The lowest BCUT2D eigenvalue weighted by molar-refractivity contribution is 0.381. The molecule has 0 atom stereocenters. The Balaban J connectivity index is 2.60. The molecular formula is C21H12BF9O. The van der Waals surface area contributed by atoms with Gasteiger partial charge in [-0.25, -0.2) is 39.5 Å². The van der Waals surface area contributed by atoms with Gasteiger partial charge in [0.05, 0.1) is 7.11 Å². The van der Waals surface area contributed by atoms with Gasteiger partial charge in [-0.2, -0.15) is 0 Å². The van der Waals surface area contributed by atoms with E-state index < -0.39 is 92.3 Å². The molecule has 0 aliphatic carbocycles. The van der Waals surface area contributed by atoms with Crippen LogP contribution < -0.4 is 21.1 Å². The Morgan fingerprint density at radius 3 is 1.31 bits per heavy atom. The molecule has 3 aromatic rings. The molecule has 0 spiro atoms. The number of hydrogen-bond donors (Lipinski definition) is 0. The van der Waals surface area contributed by atoms with Crippen LogP contribution in [0, 0.1) is 66.2 Å². The van der Waals surface area contributed by atoms with Crippen LogP contribution in [0.1, 0.15) is 11.1 Å². The normalized spacial score (nSPS) is 11.1. The van der Waals surface area contributed by atoms with E-state index in [0.29, 0.717) is 0 Å². The summed E-state index contributed by atoms with van der Waals surface area (Å²) in [6, 6.07) is 0.202. The van der Waals surface area contributed by atoms with Gasteiger partial charge < -0.3 is 4.74 Å². The zero-order valence-electron chi connectivity index (χ0n) is 16.6. The molecule has 3 aromatic carbocycles. The Labute approximate surface area is 176 Å². The molecular weight excluding hydrogens is 450 g/mol. The molecule has 3 rings (SSSR count). The molecule has 0 unspecified atom stereocenters. The summed E-state index contributed by atoms with van der Waals surface area (Å²) < 4.78 is 134. The van der Waals surface area contributed by atoms with Crippen LogP contribution in [0.5, 0.6) is 5.75 Å². The van der Waals surface area contributed by atoms with Crippen LogP contribution in [0.15, 0.2) is 18.2 Å². The van der Waals surface area contributed by atoms with E-state index in [9.17, 15) is 39.5 Å². The summed E-state index contributed by atoms with van der Waals surface area (Å²) in [5, 5.41) is 0. The molecule has 0 aliphatic rings. The molecule has 0 saturated heterocycles. The maximum absolute atomic E-state index is 14.9. The standard InChI is InChI=1S/C21H12BF9O/c1-7-15(9(23)4-11(25)18(7)29)22(16-8(2)19(30)12(26)5-10(16)24)17-20(31)13(27)6-14(28)21(17)32-3/h4-6H,1-3H3. The van der Waals surface area contributed by atoms with Crippen molar-refractivity contribution in [2.45, 2.75) is 13.8 Å². The third-order valence-corrected chi connectivity index (χ3v) is 5.14. The van der Waals surface area contributed by atoms with Gasteiger partial charge in [-0.15, -0.1) is 0 Å². The van der Waals surface area contributed by atoms with Crippen molar-refractivity contribution in [3.05, 3.63) is 81.7 Å². The zero-order valence-corrected chi connectivity index (χ0v) is 16.6. The van der Waals surface area contributed by atoms with E-state index in [-0.39, 0.29) is 18.2 Å². The molecule has 0 aliphatic heterocycles. The van der Waals surface area contributed by atoms with Crippen LogP contribution in [-0.2, 0) is 0 Å². The summed E-state index contributed by atoms with van der Waals surface area (Å²) in [7, 11) is 0.833. The minimum Gasteiger partial charge on any atom is -0.494 e. The van der Waals surface area contributed by atoms with Crippen LogP contribution in [-0.4, -0.2) is 13.8 Å². The fourth-order valence-electron chi connectivity index (χ4n) is 3.66. The van der Waals surface area contributed by atoms with Gasteiger partial charge in [0, 0.05) is 23.7 Å². The SMILES string of the molecule is COc1c(F)cc(F)c(F)c1B(c1c(F)cc(F)c(F)c1C)c1c(F)cc(F)c(F)c1C. The molecule has 0 bridgehead atoms. The van der Waals surface area contributed by atoms with E-state index in [0.717, 1.165) is 21.0 Å². The van der Waals surface area contributed by atoms with Crippen molar-refractivity contribution in [3.63, 3.8) is 0 Å². The molecule has 0 radical (unpaired) electrons. The molecule has 0 N–H and O–H groups in total. The highest BCUT2D eigenvalue weighted by Crippen LogP contribution is 2.23. The third kappa shape index (κ3) is 3.59. The second-order valence-corrected chi connectivity index (χ2v) is 6.92. The zero-order chi connectivity index (χ0) is 24.1. The molecule has 0 heterocycles. The highest BCUT2D eigenvalue weighted by molar-refractivity contribution is 6.96. The van der Waals surface area contributed by atoms with Crippen LogP contribution in [0.3, 0.4) is 0 Å². The molecule has 0 saturated carbocycles. The average Bonchev–Trinajstić information content (AvgIpc) is 2.72. The molecule has 0 aromatic heterocycles. The number of rotatable bonds is 4. The van der Waals surface area contributed by atoms with E-state index in [1.54, 1.807) is 0 Å². The summed E-state index contributed by atoms with van der Waals surface area (Å²) in [5.74, 6) is -15.8. The van der Waals surface area contributed by atoms with Crippen molar-refractivity contribution in [1.29, 1.82) is 0 Å². The van der Waals surface area contributed by atoms with Crippen LogP contribution in [0.25, 0.3) is 0 Å². The van der Waals surface area contributed by atoms with Crippen LogP contribution >= 0.6 is 0 Å². The van der Waals surface area contributed by atoms with Crippen LogP contribution in [0.2, 0.25) is 0 Å². The molecule has 168 valence electrons. The maximum Gasteiger partial charge on any atom is 0.258 e. The van der Waals surface area contributed by atoms with Gasteiger partial charge in [-0.3, -0.25) is 0 Å². The van der Waals surface area contributed by atoms with Crippen molar-refractivity contribution in [3.8, 4) is 5.75 Å². The van der Waals surface area contributed by atoms with E-state index in [2.05, 4.69) is 0 Å². The Hall–Kier alpha value is -3.11. The quantitative estimate of drug-likeness (QED) is 0.323. The van der Waals surface area contributed by atoms with Gasteiger partial charge in [0.25, 0.3) is 6.71 Å². The number of ether oxygens (including phenoxy) is 1. The van der Waals surface area contributed by atoms with Crippen LogP contribution in [0.4, 0.5) is 39.5 Å². The molecule has 32 heavy (non-hydrogen) atoms. The predicted octanol–water partition coefficient (Wildman–Crippen LogP) is 4.08. The fourth-order valence-corrected chi connectivity index (χ4v) is 3.66. The molecule has 11 heteroatoms. The van der Waals surface area contributed by atoms with Gasteiger partial charge in [0.1, 0.15) is 11.6 Å². The van der Waals surface area contributed by atoms with Gasteiger partial charge in [0.2, 0.25) is 0 Å². The van der Waals surface area contributed by atoms with Gasteiger partial charge >= 0.3 is 0 Å². The van der Waals surface area contributed by atoms with Crippen molar-refractivity contribution < 1.29 is 44.3 Å². The number of halogens is 9. The third-order valence-electron chi connectivity index (χ3n) is 5.14. The van der Waals surface area contributed by atoms with Crippen molar-refractivity contribution in [2.75, 3.05) is 7.11 Å². The fraction of sp³-hybridized carbons (Fsp3) is 0.143. The maximum atomic E-state index is 14.9. The Bertz CT molecular complexity index is 1180. The summed E-state index contributed by atoms with van der Waals surface area (Å²) >= 11 is 0. The smallest absolute Gasteiger partial charge is 0.258 e. The number of hydrogen-bond acceptors (Lipinski definition) is 1.